The van der Waals surface area contributed by atoms with Crippen molar-refractivity contribution in [3.8, 4) is 0 Å². The van der Waals surface area contributed by atoms with Crippen LogP contribution in [0.15, 0.2) is 0 Å². The Kier molecular flexibility index (Phi) is 6.69. The molecule has 0 aromatic carbocycles. The highest BCUT2D eigenvalue weighted by molar-refractivity contribution is 7.87. The molecule has 0 bridgehead atoms. The van der Waals surface area contributed by atoms with Crippen molar-refractivity contribution in [2.45, 2.75) is 45.4 Å². The molecule has 0 spiro atoms. The molecule has 0 saturated carbocycles. The van der Waals surface area contributed by atoms with Crippen LogP contribution in [0.2, 0.25) is 0 Å². The standard InChI is InChI=1S/C12H25N3O3S.ClH/c1-9-6-13-5-4-12(9)14-19(16,17)15-7-10(2)18-11(3)8-15;/h9-14H,4-8H2,1-3H3;1H. The third-order valence-electron chi connectivity index (χ3n) is 3.81. The lowest BCUT2D eigenvalue weighted by molar-refractivity contribution is -0.0445. The minimum Gasteiger partial charge on any atom is -0.373 e. The van der Waals surface area contributed by atoms with Crippen LogP contribution in [0, 0.1) is 5.92 Å². The molecule has 0 radical (unpaired) electrons. The zero-order valence-corrected chi connectivity index (χ0v) is 14.0. The van der Waals surface area contributed by atoms with Crippen LogP contribution >= 0.6 is 12.4 Å². The van der Waals surface area contributed by atoms with Crippen molar-refractivity contribution in [3.63, 3.8) is 0 Å². The molecule has 0 amide bonds. The Morgan fingerprint density at radius 3 is 2.35 bits per heavy atom. The summed E-state index contributed by atoms with van der Waals surface area (Å²) in [5.41, 5.74) is 0. The Morgan fingerprint density at radius 2 is 1.80 bits per heavy atom. The minimum atomic E-state index is -3.41. The lowest BCUT2D eigenvalue weighted by Crippen LogP contribution is -2.56. The average Bonchev–Trinajstić information content (AvgIpc) is 2.31. The summed E-state index contributed by atoms with van der Waals surface area (Å²) in [7, 11) is -3.41. The number of halogens is 1. The highest BCUT2D eigenvalue weighted by Gasteiger charge is 2.34. The number of morpholine rings is 1. The topological polar surface area (TPSA) is 70.7 Å². The molecule has 0 aromatic heterocycles. The number of nitrogens with zero attached hydrogens (tertiary/aromatic N) is 1. The number of nitrogens with one attached hydrogen (secondary N) is 2. The molecule has 2 rings (SSSR count). The van der Waals surface area contributed by atoms with E-state index >= 15 is 0 Å². The zero-order chi connectivity index (χ0) is 14.0. The van der Waals surface area contributed by atoms with Gasteiger partial charge in [-0.05, 0) is 39.3 Å². The van der Waals surface area contributed by atoms with Gasteiger partial charge in [0, 0.05) is 19.1 Å². The number of rotatable bonds is 3. The van der Waals surface area contributed by atoms with E-state index in [1.54, 1.807) is 0 Å². The van der Waals surface area contributed by atoms with Gasteiger partial charge in [0.05, 0.1) is 12.2 Å². The second-order valence-corrected chi connectivity index (χ2v) is 7.48. The van der Waals surface area contributed by atoms with Crippen LogP contribution < -0.4 is 10.0 Å². The average molecular weight is 328 g/mol. The van der Waals surface area contributed by atoms with Crippen LogP contribution in [0.4, 0.5) is 0 Å². The number of piperidine rings is 1. The summed E-state index contributed by atoms with van der Waals surface area (Å²) in [4.78, 5) is 0. The molecule has 4 atom stereocenters. The SMILES string of the molecule is CC1CN(S(=O)(=O)NC2CCNCC2C)CC(C)O1.Cl. The molecule has 20 heavy (non-hydrogen) atoms. The van der Waals surface area contributed by atoms with Crippen molar-refractivity contribution in [1.82, 2.24) is 14.3 Å². The third-order valence-corrected chi connectivity index (χ3v) is 5.39. The van der Waals surface area contributed by atoms with Crippen molar-refractivity contribution >= 4 is 22.6 Å². The van der Waals surface area contributed by atoms with Gasteiger partial charge in [-0.3, -0.25) is 0 Å². The molecule has 6 nitrogen and oxygen atoms in total. The van der Waals surface area contributed by atoms with Gasteiger partial charge in [-0.1, -0.05) is 6.92 Å². The van der Waals surface area contributed by atoms with Gasteiger partial charge in [-0.25, -0.2) is 0 Å². The number of ether oxygens (including phenoxy) is 1. The summed E-state index contributed by atoms with van der Waals surface area (Å²) >= 11 is 0. The van der Waals surface area contributed by atoms with Crippen LogP contribution in [0.3, 0.4) is 0 Å². The Bertz CT molecular complexity index is 397. The van der Waals surface area contributed by atoms with E-state index in [2.05, 4.69) is 17.0 Å². The maximum atomic E-state index is 12.4. The molecule has 2 heterocycles. The van der Waals surface area contributed by atoms with Crippen molar-refractivity contribution < 1.29 is 13.2 Å². The Balaban J connectivity index is 0.00000200. The van der Waals surface area contributed by atoms with Gasteiger partial charge in [0.2, 0.25) is 0 Å². The van der Waals surface area contributed by atoms with Gasteiger partial charge in [0.15, 0.2) is 0 Å². The molecule has 120 valence electrons. The summed E-state index contributed by atoms with van der Waals surface area (Å²) in [5.74, 6) is 0.319. The summed E-state index contributed by atoms with van der Waals surface area (Å²) in [6.45, 7) is 8.48. The zero-order valence-electron chi connectivity index (χ0n) is 12.3. The quantitative estimate of drug-likeness (QED) is 0.784. The fraction of sp³-hybridized carbons (Fsp3) is 1.00. The van der Waals surface area contributed by atoms with Crippen LogP contribution in [-0.4, -0.2) is 57.2 Å². The normalized spacial score (nSPS) is 36.4. The molecule has 2 aliphatic heterocycles. The first-order valence-corrected chi connectivity index (χ1v) is 8.46. The molecule has 8 heteroatoms. The van der Waals surface area contributed by atoms with Gasteiger partial charge in [-0.2, -0.15) is 17.4 Å². The summed E-state index contributed by atoms with van der Waals surface area (Å²) in [5, 5.41) is 3.28. The highest BCUT2D eigenvalue weighted by Crippen LogP contribution is 2.17. The Labute approximate surface area is 128 Å². The smallest absolute Gasteiger partial charge is 0.279 e. The van der Waals surface area contributed by atoms with E-state index in [-0.39, 0.29) is 30.7 Å². The maximum Gasteiger partial charge on any atom is 0.279 e. The van der Waals surface area contributed by atoms with Crippen LogP contribution in [0.1, 0.15) is 27.2 Å². The third kappa shape index (κ3) is 4.54. The van der Waals surface area contributed by atoms with Crippen LogP contribution in [0.25, 0.3) is 0 Å². The van der Waals surface area contributed by atoms with E-state index < -0.39 is 10.2 Å². The summed E-state index contributed by atoms with van der Waals surface area (Å²) < 4.78 is 34.8. The first-order valence-electron chi connectivity index (χ1n) is 7.02. The minimum absolute atomic E-state index is 0. The number of hydrogen-bond donors (Lipinski definition) is 2. The summed E-state index contributed by atoms with van der Waals surface area (Å²) in [6, 6.07) is 0.0275. The fourth-order valence-electron chi connectivity index (χ4n) is 2.78. The van der Waals surface area contributed by atoms with Crippen molar-refractivity contribution in [1.29, 1.82) is 0 Å². The molecule has 2 fully saturated rings. The molecule has 2 saturated heterocycles. The molecule has 0 aromatic rings. The van der Waals surface area contributed by atoms with Crippen LogP contribution in [-0.2, 0) is 14.9 Å². The van der Waals surface area contributed by atoms with Gasteiger partial charge in [-0.15, -0.1) is 12.4 Å². The first kappa shape index (κ1) is 18.1. The maximum absolute atomic E-state index is 12.4. The van der Waals surface area contributed by atoms with E-state index in [1.807, 2.05) is 13.8 Å². The van der Waals surface area contributed by atoms with Gasteiger partial charge < -0.3 is 10.1 Å². The predicted molar refractivity (Wildman–Crippen MR) is 81.3 cm³/mol. The molecule has 2 N–H and O–H groups in total. The Hall–Kier alpha value is 0.0800. The van der Waals surface area contributed by atoms with Crippen molar-refractivity contribution in [2.75, 3.05) is 26.2 Å². The van der Waals surface area contributed by atoms with E-state index in [1.165, 1.54) is 4.31 Å². The Morgan fingerprint density at radius 1 is 1.20 bits per heavy atom. The van der Waals surface area contributed by atoms with E-state index in [0.717, 1.165) is 19.5 Å². The summed E-state index contributed by atoms with van der Waals surface area (Å²) in [6.07, 6.45) is 0.743. The van der Waals surface area contributed by atoms with Crippen molar-refractivity contribution in [3.05, 3.63) is 0 Å². The van der Waals surface area contributed by atoms with Gasteiger partial charge in [0.25, 0.3) is 10.2 Å². The van der Waals surface area contributed by atoms with Crippen molar-refractivity contribution in [2.24, 2.45) is 5.92 Å². The van der Waals surface area contributed by atoms with E-state index in [0.29, 0.717) is 19.0 Å². The predicted octanol–water partition coefficient (Wildman–Crippen LogP) is 0.350. The first-order chi connectivity index (χ1) is 8.88. The molecule has 0 aliphatic carbocycles. The van der Waals surface area contributed by atoms with E-state index in [4.69, 9.17) is 4.74 Å². The van der Waals surface area contributed by atoms with Gasteiger partial charge in [0.1, 0.15) is 0 Å². The number of hydrogen-bond acceptors (Lipinski definition) is 4. The van der Waals surface area contributed by atoms with Crippen LogP contribution in [0.5, 0.6) is 0 Å². The molecular formula is C12H26ClN3O3S. The monoisotopic (exact) mass is 327 g/mol. The largest absolute Gasteiger partial charge is 0.373 e. The van der Waals surface area contributed by atoms with Gasteiger partial charge >= 0.3 is 0 Å². The highest BCUT2D eigenvalue weighted by atomic mass is 35.5. The fourth-order valence-corrected chi connectivity index (χ4v) is 4.48. The molecule has 2 aliphatic rings. The van der Waals surface area contributed by atoms with E-state index in [9.17, 15) is 8.42 Å². The lowest BCUT2D eigenvalue weighted by atomic mass is 9.97. The molecule has 4 unspecified atom stereocenters. The lowest BCUT2D eigenvalue weighted by Gasteiger charge is -2.37. The second-order valence-electron chi connectivity index (χ2n) is 5.77. The second kappa shape index (κ2) is 7.38. The molecular weight excluding hydrogens is 302 g/mol.